The summed E-state index contributed by atoms with van der Waals surface area (Å²) in [6.07, 6.45) is 1.03. The molecule has 0 bridgehead atoms. The highest BCUT2D eigenvalue weighted by Crippen LogP contribution is 2.30. The van der Waals surface area contributed by atoms with Gasteiger partial charge in [-0.3, -0.25) is 19.2 Å². The smallest absolute Gasteiger partial charge is 0.271 e. The van der Waals surface area contributed by atoms with Crippen LogP contribution in [0, 0.1) is 10.1 Å². The molecule has 1 atom stereocenters. The van der Waals surface area contributed by atoms with Crippen molar-refractivity contribution in [3.63, 3.8) is 0 Å². The summed E-state index contributed by atoms with van der Waals surface area (Å²) in [7, 11) is -3.67. The van der Waals surface area contributed by atoms with Crippen LogP contribution in [0.3, 0.4) is 0 Å². The molecule has 11 heteroatoms. The molecule has 1 heterocycles. The van der Waals surface area contributed by atoms with E-state index in [1.165, 1.54) is 24.3 Å². The van der Waals surface area contributed by atoms with Gasteiger partial charge in [-0.15, -0.1) is 0 Å². The van der Waals surface area contributed by atoms with Crippen LogP contribution in [-0.2, 0) is 14.8 Å². The first-order valence-corrected chi connectivity index (χ1v) is 11.5. The van der Waals surface area contributed by atoms with E-state index in [1.54, 1.807) is 12.1 Å². The van der Waals surface area contributed by atoms with Crippen molar-refractivity contribution in [1.29, 1.82) is 0 Å². The third-order valence-electron chi connectivity index (χ3n) is 4.59. The third-order valence-corrected chi connectivity index (χ3v) is 5.78. The van der Waals surface area contributed by atoms with Gasteiger partial charge in [0, 0.05) is 25.1 Å². The first-order valence-electron chi connectivity index (χ1n) is 9.61. The Bertz CT molecular complexity index is 1060. The maximum atomic E-state index is 12.2. The number of nitrogens with one attached hydrogen (secondary N) is 1. The number of para-hydroxylation sites is 2. The lowest BCUT2D eigenvalue weighted by Gasteiger charge is -2.26. The summed E-state index contributed by atoms with van der Waals surface area (Å²) in [5.41, 5.74) is -0.0244. The average Bonchev–Trinajstić information content (AvgIpc) is 2.74. The lowest BCUT2D eigenvalue weighted by atomic mass is 10.2. The highest BCUT2D eigenvalue weighted by atomic mass is 32.2. The average molecular weight is 449 g/mol. The number of carbonyl (C=O) groups is 1. The molecule has 0 fully saturated rings. The standard InChI is InChI=1S/C20H23N3O7S/c1-31(27,28)22(15-6-4-7-16(12-15)23(25)26)11-5-10-20(24)21-13-17-14-29-18-8-2-3-9-19(18)30-17/h2-4,6-9,12,17H,5,10-11,13-14H2,1H3,(H,21,24)/t17-/m1/s1. The molecule has 10 nitrogen and oxygen atoms in total. The van der Waals surface area contributed by atoms with Gasteiger partial charge in [0.2, 0.25) is 15.9 Å². The summed E-state index contributed by atoms with van der Waals surface area (Å²) in [4.78, 5) is 22.6. The van der Waals surface area contributed by atoms with Crippen LogP contribution in [0.5, 0.6) is 11.5 Å². The Morgan fingerprint density at radius 1 is 1.23 bits per heavy atom. The normalized spacial score (nSPS) is 15.2. The van der Waals surface area contributed by atoms with Crippen LogP contribution in [0.15, 0.2) is 48.5 Å². The number of nitro groups is 1. The largest absolute Gasteiger partial charge is 0.486 e. The molecule has 0 saturated heterocycles. The van der Waals surface area contributed by atoms with Crippen LogP contribution < -0.4 is 19.1 Å². The molecule has 0 unspecified atom stereocenters. The molecule has 0 spiro atoms. The molecule has 0 aromatic heterocycles. The molecule has 0 saturated carbocycles. The second-order valence-corrected chi connectivity index (χ2v) is 8.92. The Hall–Kier alpha value is -3.34. The third kappa shape index (κ3) is 6.07. The van der Waals surface area contributed by atoms with Gasteiger partial charge < -0.3 is 14.8 Å². The second kappa shape index (κ2) is 9.65. The highest BCUT2D eigenvalue weighted by molar-refractivity contribution is 7.92. The van der Waals surface area contributed by atoms with E-state index in [2.05, 4.69) is 5.32 Å². The number of anilines is 1. The predicted octanol–water partition coefficient (Wildman–Crippen LogP) is 2.10. The van der Waals surface area contributed by atoms with E-state index in [-0.39, 0.29) is 49.3 Å². The monoisotopic (exact) mass is 449 g/mol. The SMILES string of the molecule is CS(=O)(=O)N(CCCC(=O)NC[C@@H]1COc2ccccc2O1)c1cccc([N+](=O)[O-])c1. The maximum absolute atomic E-state index is 12.2. The van der Waals surface area contributed by atoms with Gasteiger partial charge in [-0.05, 0) is 24.6 Å². The number of benzene rings is 2. The first-order chi connectivity index (χ1) is 14.7. The Morgan fingerprint density at radius 2 is 1.97 bits per heavy atom. The molecule has 3 rings (SSSR count). The fraction of sp³-hybridized carbons (Fsp3) is 0.350. The van der Waals surface area contributed by atoms with Gasteiger partial charge in [-0.25, -0.2) is 8.42 Å². The van der Waals surface area contributed by atoms with Gasteiger partial charge in [-0.2, -0.15) is 0 Å². The molecule has 1 amide bonds. The van der Waals surface area contributed by atoms with Crippen molar-refractivity contribution < 1.29 is 27.6 Å². The van der Waals surface area contributed by atoms with Crippen LogP contribution in [-0.4, -0.2) is 51.3 Å². The molecule has 1 aliphatic heterocycles. The number of rotatable bonds is 9. The summed E-state index contributed by atoms with van der Waals surface area (Å²) >= 11 is 0. The molecule has 0 aliphatic carbocycles. The number of nitrogens with zero attached hydrogens (tertiary/aromatic N) is 2. The van der Waals surface area contributed by atoms with Gasteiger partial charge in [0.1, 0.15) is 12.7 Å². The number of carbonyl (C=O) groups excluding carboxylic acids is 1. The van der Waals surface area contributed by atoms with Crippen LogP contribution >= 0.6 is 0 Å². The predicted molar refractivity (Wildman–Crippen MR) is 114 cm³/mol. The topological polar surface area (TPSA) is 128 Å². The number of sulfonamides is 1. The van der Waals surface area contributed by atoms with Crippen LogP contribution in [0.2, 0.25) is 0 Å². The number of ether oxygens (including phenoxy) is 2. The van der Waals surface area contributed by atoms with E-state index in [0.29, 0.717) is 18.1 Å². The number of amides is 1. The van der Waals surface area contributed by atoms with Crippen molar-refractivity contribution in [3.8, 4) is 11.5 Å². The van der Waals surface area contributed by atoms with E-state index < -0.39 is 14.9 Å². The number of fused-ring (bicyclic) bond motifs is 1. The Labute approximate surface area is 180 Å². The minimum absolute atomic E-state index is 0.0177. The Balaban J connectivity index is 1.50. The van der Waals surface area contributed by atoms with Crippen molar-refractivity contribution >= 4 is 27.3 Å². The van der Waals surface area contributed by atoms with Gasteiger partial charge >= 0.3 is 0 Å². The number of hydrogen-bond acceptors (Lipinski definition) is 7. The molecule has 166 valence electrons. The molecule has 2 aromatic carbocycles. The van der Waals surface area contributed by atoms with Crippen molar-refractivity contribution in [1.82, 2.24) is 5.32 Å². The molecular weight excluding hydrogens is 426 g/mol. The second-order valence-electron chi connectivity index (χ2n) is 7.02. The first kappa shape index (κ1) is 22.3. The van der Waals surface area contributed by atoms with E-state index in [4.69, 9.17) is 9.47 Å². The number of non-ortho nitro benzene ring substituents is 1. The summed E-state index contributed by atoms with van der Waals surface area (Å²) < 4.78 is 36.7. The summed E-state index contributed by atoms with van der Waals surface area (Å²) in [5, 5.41) is 13.7. The number of nitro benzene ring substituents is 1. The molecule has 2 aromatic rings. The fourth-order valence-electron chi connectivity index (χ4n) is 3.11. The molecular formula is C20H23N3O7S. The van der Waals surface area contributed by atoms with Gasteiger partial charge in [0.25, 0.3) is 5.69 Å². The van der Waals surface area contributed by atoms with Gasteiger partial charge in [0.05, 0.1) is 23.4 Å². The van der Waals surface area contributed by atoms with E-state index in [1.807, 2.05) is 12.1 Å². The Kier molecular flexibility index (Phi) is 6.95. The minimum Gasteiger partial charge on any atom is -0.486 e. The molecule has 1 aliphatic rings. The van der Waals surface area contributed by atoms with E-state index in [0.717, 1.165) is 10.6 Å². The van der Waals surface area contributed by atoms with Gasteiger partial charge in [0.15, 0.2) is 11.5 Å². The molecule has 0 radical (unpaired) electrons. The zero-order valence-electron chi connectivity index (χ0n) is 16.9. The van der Waals surface area contributed by atoms with Crippen molar-refractivity contribution in [2.75, 3.05) is 30.3 Å². The quantitative estimate of drug-likeness (QED) is 0.458. The molecule has 31 heavy (non-hydrogen) atoms. The van der Waals surface area contributed by atoms with Gasteiger partial charge in [-0.1, -0.05) is 18.2 Å². The summed E-state index contributed by atoms with van der Waals surface area (Å²) in [6.45, 7) is 0.587. The zero-order valence-corrected chi connectivity index (χ0v) is 17.7. The lowest BCUT2D eigenvalue weighted by Crippen LogP contribution is -2.41. The van der Waals surface area contributed by atoms with Crippen molar-refractivity contribution in [3.05, 3.63) is 58.6 Å². The van der Waals surface area contributed by atoms with Crippen LogP contribution in [0.25, 0.3) is 0 Å². The lowest BCUT2D eigenvalue weighted by molar-refractivity contribution is -0.384. The Morgan fingerprint density at radius 3 is 2.68 bits per heavy atom. The van der Waals surface area contributed by atoms with Crippen LogP contribution in [0.1, 0.15) is 12.8 Å². The fourth-order valence-corrected chi connectivity index (χ4v) is 4.07. The number of hydrogen-bond donors (Lipinski definition) is 1. The maximum Gasteiger partial charge on any atom is 0.271 e. The van der Waals surface area contributed by atoms with E-state index in [9.17, 15) is 23.3 Å². The highest BCUT2D eigenvalue weighted by Gasteiger charge is 2.22. The molecule has 1 N–H and O–H groups in total. The van der Waals surface area contributed by atoms with E-state index >= 15 is 0 Å². The summed E-state index contributed by atoms with van der Waals surface area (Å²) in [6, 6.07) is 12.6. The van der Waals surface area contributed by atoms with Crippen molar-refractivity contribution in [2.24, 2.45) is 0 Å². The summed E-state index contributed by atoms with van der Waals surface area (Å²) in [5.74, 6) is 1.02. The minimum atomic E-state index is -3.67. The van der Waals surface area contributed by atoms with Crippen molar-refractivity contribution in [2.45, 2.75) is 18.9 Å². The zero-order chi connectivity index (χ0) is 22.4. The van der Waals surface area contributed by atoms with Crippen LogP contribution in [0.4, 0.5) is 11.4 Å².